The third-order valence-corrected chi connectivity index (χ3v) is 4.78. The van der Waals surface area contributed by atoms with Crippen LogP contribution in [-0.2, 0) is 11.2 Å². The first-order chi connectivity index (χ1) is 8.72. The largest absolute Gasteiger partial charge is 0.338 e. The molecule has 1 aromatic heterocycles. The van der Waals surface area contributed by atoms with Crippen molar-refractivity contribution in [2.45, 2.75) is 38.6 Å². The van der Waals surface area contributed by atoms with Gasteiger partial charge in [0.25, 0.3) is 0 Å². The van der Waals surface area contributed by atoms with Gasteiger partial charge in [0.2, 0.25) is 5.91 Å². The van der Waals surface area contributed by atoms with Crippen molar-refractivity contribution in [1.29, 1.82) is 0 Å². The monoisotopic (exact) mass is 266 g/mol. The Hall–Kier alpha value is -0.870. The van der Waals surface area contributed by atoms with E-state index in [1.54, 1.807) is 11.3 Å². The highest BCUT2D eigenvalue weighted by molar-refractivity contribution is 7.09. The molecule has 18 heavy (non-hydrogen) atoms. The molecule has 4 heteroatoms. The molecule has 1 amide bonds. The quantitative estimate of drug-likeness (QED) is 0.908. The number of carbonyl (C=O) groups excluding carboxylic acids is 1. The molecule has 1 fully saturated rings. The van der Waals surface area contributed by atoms with E-state index in [4.69, 9.17) is 5.73 Å². The smallest absolute Gasteiger partial charge is 0.223 e. The average Bonchev–Trinajstić information content (AvgIpc) is 2.88. The lowest BCUT2D eigenvalue weighted by Crippen LogP contribution is -2.51. The van der Waals surface area contributed by atoms with Gasteiger partial charge in [-0.05, 0) is 36.6 Å². The van der Waals surface area contributed by atoms with E-state index in [1.165, 1.54) is 11.3 Å². The first-order valence-electron chi connectivity index (χ1n) is 6.74. The molecule has 100 valence electrons. The SMILES string of the molecule is C[C@H]1CCCN(C(=O)CCc2cccs2)[C@@H]1CN. The Morgan fingerprint density at radius 3 is 3.11 bits per heavy atom. The molecule has 2 atom stereocenters. The standard InChI is InChI=1S/C14H22N2OS/c1-11-4-2-8-16(13(11)10-15)14(17)7-6-12-5-3-9-18-12/h3,5,9,11,13H,2,4,6-8,10,15H2,1H3/t11-,13+/m0/s1. The lowest BCUT2D eigenvalue weighted by atomic mass is 9.90. The molecule has 0 saturated carbocycles. The van der Waals surface area contributed by atoms with E-state index in [0.717, 1.165) is 19.4 Å². The molecule has 0 aliphatic carbocycles. The molecule has 1 aliphatic heterocycles. The number of hydrogen-bond donors (Lipinski definition) is 1. The van der Waals surface area contributed by atoms with E-state index >= 15 is 0 Å². The summed E-state index contributed by atoms with van der Waals surface area (Å²) in [5.74, 6) is 0.805. The second kappa shape index (κ2) is 6.34. The third-order valence-electron chi connectivity index (χ3n) is 3.84. The van der Waals surface area contributed by atoms with Crippen LogP contribution in [0.25, 0.3) is 0 Å². The van der Waals surface area contributed by atoms with E-state index in [9.17, 15) is 4.79 Å². The number of rotatable bonds is 4. The van der Waals surface area contributed by atoms with E-state index in [-0.39, 0.29) is 11.9 Å². The summed E-state index contributed by atoms with van der Waals surface area (Å²) in [7, 11) is 0. The van der Waals surface area contributed by atoms with Crippen molar-refractivity contribution in [3.05, 3.63) is 22.4 Å². The minimum Gasteiger partial charge on any atom is -0.338 e. The van der Waals surface area contributed by atoms with Crippen molar-refractivity contribution >= 4 is 17.2 Å². The average molecular weight is 266 g/mol. The maximum Gasteiger partial charge on any atom is 0.223 e. The molecule has 1 aromatic rings. The Labute approximate surface area is 113 Å². The van der Waals surface area contributed by atoms with Crippen molar-refractivity contribution in [2.24, 2.45) is 11.7 Å². The number of aryl methyl sites for hydroxylation is 1. The Bertz CT molecular complexity index is 377. The summed E-state index contributed by atoms with van der Waals surface area (Å²) in [6.45, 7) is 3.68. The zero-order valence-corrected chi connectivity index (χ0v) is 11.8. The summed E-state index contributed by atoms with van der Waals surface area (Å²) in [6, 6.07) is 4.38. The number of nitrogens with zero attached hydrogens (tertiary/aromatic N) is 1. The van der Waals surface area contributed by atoms with Gasteiger partial charge in [-0.2, -0.15) is 0 Å². The molecule has 0 spiro atoms. The Kier molecular flexibility index (Phi) is 4.78. The summed E-state index contributed by atoms with van der Waals surface area (Å²) in [6.07, 6.45) is 3.78. The van der Waals surface area contributed by atoms with Gasteiger partial charge in [0.1, 0.15) is 0 Å². The van der Waals surface area contributed by atoms with Crippen molar-refractivity contribution in [1.82, 2.24) is 4.90 Å². The number of nitrogens with two attached hydrogens (primary N) is 1. The van der Waals surface area contributed by atoms with E-state index in [2.05, 4.69) is 18.4 Å². The highest BCUT2D eigenvalue weighted by atomic mass is 32.1. The van der Waals surface area contributed by atoms with Gasteiger partial charge < -0.3 is 10.6 Å². The fourth-order valence-corrected chi connectivity index (χ4v) is 3.46. The van der Waals surface area contributed by atoms with Crippen molar-refractivity contribution < 1.29 is 4.79 Å². The van der Waals surface area contributed by atoms with Crippen LogP contribution in [0.3, 0.4) is 0 Å². The molecule has 1 aliphatic rings. The highest BCUT2D eigenvalue weighted by Crippen LogP contribution is 2.23. The summed E-state index contributed by atoms with van der Waals surface area (Å²) < 4.78 is 0. The molecule has 2 rings (SSSR count). The van der Waals surface area contributed by atoms with Crippen LogP contribution in [0.15, 0.2) is 17.5 Å². The lowest BCUT2D eigenvalue weighted by molar-refractivity contribution is -0.136. The van der Waals surface area contributed by atoms with Crippen LogP contribution in [0.1, 0.15) is 31.1 Å². The van der Waals surface area contributed by atoms with Crippen LogP contribution in [0.4, 0.5) is 0 Å². The molecule has 0 aromatic carbocycles. The maximum absolute atomic E-state index is 12.3. The number of thiophene rings is 1. The van der Waals surface area contributed by atoms with Crippen LogP contribution in [0.5, 0.6) is 0 Å². The Morgan fingerprint density at radius 1 is 1.61 bits per heavy atom. The zero-order valence-electron chi connectivity index (χ0n) is 11.0. The van der Waals surface area contributed by atoms with Crippen LogP contribution in [0, 0.1) is 5.92 Å². The molecule has 0 bridgehead atoms. The molecule has 2 N–H and O–H groups in total. The summed E-state index contributed by atoms with van der Waals surface area (Å²) >= 11 is 1.72. The molecule has 1 saturated heterocycles. The Balaban J connectivity index is 1.90. The lowest BCUT2D eigenvalue weighted by Gasteiger charge is -2.39. The van der Waals surface area contributed by atoms with Crippen LogP contribution in [0.2, 0.25) is 0 Å². The summed E-state index contributed by atoms with van der Waals surface area (Å²) in [4.78, 5) is 15.6. The highest BCUT2D eigenvalue weighted by Gasteiger charge is 2.30. The van der Waals surface area contributed by atoms with E-state index in [0.29, 0.717) is 18.9 Å². The first-order valence-corrected chi connectivity index (χ1v) is 7.62. The van der Waals surface area contributed by atoms with Gasteiger partial charge in [0.05, 0.1) is 0 Å². The summed E-state index contributed by atoms with van der Waals surface area (Å²) in [5.41, 5.74) is 5.82. The number of amides is 1. The number of hydrogen-bond acceptors (Lipinski definition) is 3. The van der Waals surface area contributed by atoms with Gasteiger partial charge in [0, 0.05) is 30.4 Å². The van der Waals surface area contributed by atoms with Crippen LogP contribution in [-0.4, -0.2) is 29.9 Å². The van der Waals surface area contributed by atoms with Crippen molar-refractivity contribution in [3.8, 4) is 0 Å². The van der Waals surface area contributed by atoms with Gasteiger partial charge >= 0.3 is 0 Å². The first kappa shape index (κ1) is 13.6. The van der Waals surface area contributed by atoms with Crippen molar-refractivity contribution in [3.63, 3.8) is 0 Å². The number of likely N-dealkylation sites (tertiary alicyclic amines) is 1. The van der Waals surface area contributed by atoms with Crippen LogP contribution >= 0.6 is 11.3 Å². The predicted octanol–water partition coefficient (Wildman–Crippen LogP) is 2.27. The predicted molar refractivity (Wildman–Crippen MR) is 75.6 cm³/mol. The van der Waals surface area contributed by atoms with Gasteiger partial charge in [-0.3, -0.25) is 4.79 Å². The van der Waals surface area contributed by atoms with E-state index in [1.807, 2.05) is 11.0 Å². The zero-order chi connectivity index (χ0) is 13.0. The van der Waals surface area contributed by atoms with Gasteiger partial charge in [0.15, 0.2) is 0 Å². The Morgan fingerprint density at radius 2 is 2.44 bits per heavy atom. The van der Waals surface area contributed by atoms with Gasteiger partial charge in [-0.15, -0.1) is 11.3 Å². The fourth-order valence-electron chi connectivity index (χ4n) is 2.75. The number of piperidine rings is 1. The minimum atomic E-state index is 0.245. The van der Waals surface area contributed by atoms with Crippen molar-refractivity contribution in [2.75, 3.05) is 13.1 Å². The molecule has 3 nitrogen and oxygen atoms in total. The maximum atomic E-state index is 12.3. The topological polar surface area (TPSA) is 46.3 Å². The van der Waals surface area contributed by atoms with Crippen LogP contribution < -0.4 is 5.73 Å². The van der Waals surface area contributed by atoms with Gasteiger partial charge in [-0.1, -0.05) is 13.0 Å². The third kappa shape index (κ3) is 3.12. The minimum absolute atomic E-state index is 0.245. The molecular weight excluding hydrogens is 244 g/mol. The second-order valence-corrected chi connectivity index (χ2v) is 6.12. The van der Waals surface area contributed by atoms with E-state index < -0.39 is 0 Å². The second-order valence-electron chi connectivity index (χ2n) is 5.09. The number of carbonyl (C=O) groups is 1. The molecule has 2 heterocycles. The molecular formula is C14H22N2OS. The normalized spacial score (nSPS) is 24.2. The fraction of sp³-hybridized carbons (Fsp3) is 0.643. The molecule has 0 unspecified atom stereocenters. The summed E-state index contributed by atoms with van der Waals surface area (Å²) in [5, 5.41) is 2.06. The van der Waals surface area contributed by atoms with Gasteiger partial charge in [-0.25, -0.2) is 0 Å². The molecule has 0 radical (unpaired) electrons.